The number of aliphatic hydroxyl groups is 1. The van der Waals surface area contributed by atoms with Crippen LogP contribution in [0.15, 0.2) is 55.3 Å². The van der Waals surface area contributed by atoms with E-state index in [0.29, 0.717) is 34.4 Å². The van der Waals surface area contributed by atoms with Crippen LogP contribution in [0.3, 0.4) is 0 Å². The van der Waals surface area contributed by atoms with Crippen LogP contribution in [0.5, 0.6) is 5.75 Å². The number of rotatable bonds is 9. The lowest BCUT2D eigenvalue weighted by atomic mass is 10.00. The van der Waals surface area contributed by atoms with E-state index in [1.807, 2.05) is 24.3 Å². The second-order valence-electron chi connectivity index (χ2n) is 8.95. The lowest BCUT2D eigenvalue weighted by Gasteiger charge is -2.30. The average Bonchev–Trinajstić information content (AvgIpc) is 3.53. The number of amides is 1. The van der Waals surface area contributed by atoms with E-state index in [2.05, 4.69) is 21.7 Å². The van der Waals surface area contributed by atoms with Gasteiger partial charge in [-0.25, -0.2) is 0 Å². The minimum absolute atomic E-state index is 0.0302. The molecule has 2 aromatic rings. The third kappa shape index (κ3) is 6.05. The largest absolute Gasteiger partial charge is 0.464 e. The van der Waals surface area contributed by atoms with Gasteiger partial charge in [0, 0.05) is 30.3 Å². The second-order valence-corrected chi connectivity index (χ2v) is 9.79. The molecule has 0 aliphatic carbocycles. The van der Waals surface area contributed by atoms with E-state index in [1.54, 1.807) is 18.2 Å². The molecule has 2 heterocycles. The molecular weight excluding hydrogens is 473 g/mol. The third-order valence-corrected chi connectivity index (χ3v) is 7.17. The molecule has 0 bridgehead atoms. The molecule has 0 aromatic heterocycles. The van der Waals surface area contributed by atoms with Crippen molar-refractivity contribution in [3.8, 4) is 5.75 Å². The van der Waals surface area contributed by atoms with Crippen LogP contribution in [-0.2, 0) is 4.79 Å². The predicted molar refractivity (Wildman–Crippen MR) is 137 cm³/mol. The Balaban J connectivity index is 1.45. The van der Waals surface area contributed by atoms with Crippen molar-refractivity contribution < 1.29 is 14.6 Å². The Hall–Kier alpha value is -2.25. The molecule has 1 amide bonds. The van der Waals surface area contributed by atoms with Crippen molar-refractivity contribution in [1.29, 1.82) is 0 Å². The summed E-state index contributed by atoms with van der Waals surface area (Å²) in [6, 6.07) is 12.4. The van der Waals surface area contributed by atoms with Gasteiger partial charge in [0.05, 0.1) is 23.2 Å². The Morgan fingerprint density at radius 2 is 1.91 bits per heavy atom. The molecule has 34 heavy (non-hydrogen) atoms. The fraction of sp³-hybridized carbons (Fsp3) is 0.423. The first-order valence-electron chi connectivity index (χ1n) is 11.7. The van der Waals surface area contributed by atoms with Crippen LogP contribution in [0.4, 0.5) is 5.69 Å². The monoisotopic (exact) mass is 503 g/mol. The van der Waals surface area contributed by atoms with E-state index < -0.39 is 12.1 Å². The molecule has 0 spiro atoms. The van der Waals surface area contributed by atoms with Crippen molar-refractivity contribution in [1.82, 2.24) is 10.2 Å². The molecule has 3 atom stereocenters. The minimum Gasteiger partial charge on any atom is -0.464 e. The number of carbonyl (C=O) groups excluding carboxylic acids is 1. The number of carbonyl (C=O) groups is 1. The molecule has 2 aliphatic rings. The van der Waals surface area contributed by atoms with E-state index >= 15 is 0 Å². The fourth-order valence-corrected chi connectivity index (χ4v) is 5.11. The maximum Gasteiger partial charge on any atom is 0.225 e. The molecule has 2 aromatic carbocycles. The van der Waals surface area contributed by atoms with Crippen molar-refractivity contribution >= 4 is 34.8 Å². The standard InChI is InChI=1S/C26H31Cl2N3O3/c1-2-34-24-10-5-18(15-22(24)28)25(32)23(17-30-12-3-4-13-30)29-26(33)19-11-14-31(16-19)21-8-6-20(27)7-9-21/h2,5-10,15,19,23,25,32H,1,3-4,11-14,16-17H2,(H,29,33)/t19-,23-,25-/m1/s1. The molecule has 0 radical (unpaired) electrons. The highest BCUT2D eigenvalue weighted by atomic mass is 35.5. The average molecular weight is 504 g/mol. The van der Waals surface area contributed by atoms with Crippen molar-refractivity contribution in [3.63, 3.8) is 0 Å². The first kappa shape index (κ1) is 24.9. The first-order chi connectivity index (χ1) is 16.4. The summed E-state index contributed by atoms with van der Waals surface area (Å²) in [5.41, 5.74) is 1.70. The van der Waals surface area contributed by atoms with Gasteiger partial charge in [0.2, 0.25) is 5.91 Å². The molecule has 0 unspecified atom stereocenters. The maximum atomic E-state index is 13.3. The Morgan fingerprint density at radius 1 is 1.18 bits per heavy atom. The lowest BCUT2D eigenvalue weighted by molar-refractivity contribution is -0.126. The Morgan fingerprint density at radius 3 is 2.59 bits per heavy atom. The number of nitrogens with zero attached hydrogens (tertiary/aromatic N) is 2. The van der Waals surface area contributed by atoms with E-state index in [0.717, 1.165) is 44.6 Å². The fourth-order valence-electron chi connectivity index (χ4n) is 4.75. The number of benzene rings is 2. The first-order valence-corrected chi connectivity index (χ1v) is 12.5. The number of likely N-dealkylation sites (tertiary alicyclic amines) is 1. The zero-order chi connectivity index (χ0) is 24.1. The number of ether oxygens (including phenoxy) is 1. The number of nitrogens with one attached hydrogen (secondary N) is 1. The van der Waals surface area contributed by atoms with Gasteiger partial charge in [0.1, 0.15) is 11.9 Å². The molecule has 0 saturated carbocycles. The third-order valence-electron chi connectivity index (χ3n) is 6.62. The second kappa shape index (κ2) is 11.5. The summed E-state index contributed by atoms with van der Waals surface area (Å²) < 4.78 is 5.28. The molecule has 4 rings (SSSR count). The highest BCUT2D eigenvalue weighted by molar-refractivity contribution is 6.32. The van der Waals surface area contributed by atoms with Gasteiger partial charge in [-0.05, 0) is 74.3 Å². The Labute approximate surface area is 211 Å². The number of hydrogen-bond acceptors (Lipinski definition) is 5. The zero-order valence-electron chi connectivity index (χ0n) is 19.1. The van der Waals surface area contributed by atoms with Crippen LogP contribution >= 0.6 is 23.2 Å². The van der Waals surface area contributed by atoms with Crippen LogP contribution in [0.1, 0.15) is 30.9 Å². The van der Waals surface area contributed by atoms with Crippen LogP contribution in [0.2, 0.25) is 10.0 Å². The van der Waals surface area contributed by atoms with Gasteiger partial charge >= 0.3 is 0 Å². The number of anilines is 1. The van der Waals surface area contributed by atoms with Gasteiger partial charge in [-0.1, -0.05) is 35.8 Å². The van der Waals surface area contributed by atoms with Crippen LogP contribution < -0.4 is 15.0 Å². The van der Waals surface area contributed by atoms with E-state index in [9.17, 15) is 9.90 Å². The smallest absolute Gasteiger partial charge is 0.225 e. The number of hydrogen-bond donors (Lipinski definition) is 2. The molecule has 8 heteroatoms. The predicted octanol–water partition coefficient (Wildman–Crippen LogP) is 4.66. The van der Waals surface area contributed by atoms with Crippen molar-refractivity contribution in [3.05, 3.63) is 70.9 Å². The normalized spacial score (nSPS) is 20.2. The lowest BCUT2D eigenvalue weighted by Crippen LogP contribution is -2.48. The molecule has 6 nitrogen and oxygen atoms in total. The topological polar surface area (TPSA) is 65.0 Å². The Bertz CT molecular complexity index is 995. The zero-order valence-corrected chi connectivity index (χ0v) is 20.6. The summed E-state index contributed by atoms with van der Waals surface area (Å²) >= 11 is 12.3. The number of halogens is 2. The van der Waals surface area contributed by atoms with Gasteiger partial charge in [-0.3, -0.25) is 4.79 Å². The summed E-state index contributed by atoms with van der Waals surface area (Å²) in [5.74, 6) is 0.300. The van der Waals surface area contributed by atoms with Gasteiger partial charge < -0.3 is 25.0 Å². The van der Waals surface area contributed by atoms with Crippen LogP contribution in [0.25, 0.3) is 0 Å². The Kier molecular flexibility index (Phi) is 8.37. The minimum atomic E-state index is -0.895. The quantitative estimate of drug-likeness (QED) is 0.487. The summed E-state index contributed by atoms with van der Waals surface area (Å²) in [5, 5.41) is 15.5. The molecular formula is C26H31Cl2N3O3. The van der Waals surface area contributed by atoms with Crippen molar-refractivity contribution in [2.24, 2.45) is 5.92 Å². The van der Waals surface area contributed by atoms with E-state index in [4.69, 9.17) is 27.9 Å². The molecule has 2 fully saturated rings. The van der Waals surface area contributed by atoms with Gasteiger partial charge in [0.25, 0.3) is 0 Å². The molecule has 2 aliphatic heterocycles. The summed E-state index contributed by atoms with van der Waals surface area (Å²) in [6.07, 6.45) is 3.45. The summed E-state index contributed by atoms with van der Waals surface area (Å²) in [4.78, 5) is 17.7. The van der Waals surface area contributed by atoms with Crippen molar-refractivity contribution in [2.45, 2.75) is 31.4 Å². The van der Waals surface area contributed by atoms with E-state index in [1.165, 1.54) is 6.26 Å². The van der Waals surface area contributed by atoms with Crippen LogP contribution in [-0.4, -0.2) is 54.7 Å². The van der Waals surface area contributed by atoms with Gasteiger partial charge in [0.15, 0.2) is 0 Å². The SMILES string of the molecule is C=COc1ccc([C@@H](O)[C@@H](CN2CCCC2)NC(=O)[C@@H]2CCN(c3ccc(Cl)cc3)C2)cc1Cl. The molecule has 182 valence electrons. The van der Waals surface area contributed by atoms with Gasteiger partial charge in [-0.2, -0.15) is 0 Å². The maximum absolute atomic E-state index is 13.3. The van der Waals surface area contributed by atoms with Crippen molar-refractivity contribution in [2.75, 3.05) is 37.6 Å². The van der Waals surface area contributed by atoms with Gasteiger partial charge in [-0.15, -0.1) is 0 Å². The molecule has 2 N–H and O–H groups in total. The van der Waals surface area contributed by atoms with E-state index in [-0.39, 0.29) is 11.8 Å². The highest BCUT2D eigenvalue weighted by Gasteiger charge is 2.33. The molecule has 2 saturated heterocycles. The number of aliphatic hydroxyl groups excluding tert-OH is 1. The van der Waals surface area contributed by atoms with Crippen LogP contribution in [0, 0.1) is 5.92 Å². The highest BCUT2D eigenvalue weighted by Crippen LogP contribution is 2.30. The summed E-state index contributed by atoms with van der Waals surface area (Å²) in [7, 11) is 0. The summed E-state index contributed by atoms with van der Waals surface area (Å²) in [6.45, 7) is 7.52.